The van der Waals surface area contributed by atoms with E-state index in [4.69, 9.17) is 9.47 Å². The van der Waals surface area contributed by atoms with Crippen LogP contribution in [0.15, 0.2) is 42.5 Å². The molecule has 1 aromatic heterocycles. The van der Waals surface area contributed by atoms with E-state index in [0.29, 0.717) is 29.5 Å². The van der Waals surface area contributed by atoms with Crippen molar-refractivity contribution in [2.24, 2.45) is 7.05 Å². The first-order valence-electron chi connectivity index (χ1n) is 10.9. The van der Waals surface area contributed by atoms with Crippen molar-refractivity contribution in [1.29, 1.82) is 0 Å². The first-order chi connectivity index (χ1) is 15.8. The van der Waals surface area contributed by atoms with E-state index < -0.39 is 12.0 Å². The number of methoxy groups -OCH3 is 1. The van der Waals surface area contributed by atoms with Crippen LogP contribution in [0.4, 0.5) is 5.82 Å². The highest BCUT2D eigenvalue weighted by Crippen LogP contribution is 2.41. The molecule has 0 bridgehead atoms. The Kier molecular flexibility index (Phi) is 6.09. The summed E-state index contributed by atoms with van der Waals surface area (Å²) in [5.74, 6) is 0.726. The minimum absolute atomic E-state index is 0.302. The van der Waals surface area contributed by atoms with Gasteiger partial charge in [0.05, 0.1) is 19.4 Å². The zero-order valence-corrected chi connectivity index (χ0v) is 19.4. The summed E-state index contributed by atoms with van der Waals surface area (Å²) >= 11 is 0. The highest BCUT2D eigenvalue weighted by atomic mass is 16.5. The van der Waals surface area contributed by atoms with Gasteiger partial charge in [-0.3, -0.25) is 14.3 Å². The molecule has 0 aliphatic carbocycles. The highest BCUT2D eigenvalue weighted by Gasteiger charge is 2.41. The highest BCUT2D eigenvalue weighted by molar-refractivity contribution is 6.03. The van der Waals surface area contributed by atoms with Crippen molar-refractivity contribution in [3.8, 4) is 11.5 Å². The number of fused-ring (bicyclic) bond motifs is 1. The molecule has 0 saturated carbocycles. The maximum Gasteiger partial charge on any atom is 0.251 e. The summed E-state index contributed by atoms with van der Waals surface area (Å²) in [5.41, 5.74) is 4.00. The second-order valence-corrected chi connectivity index (χ2v) is 8.10. The van der Waals surface area contributed by atoms with E-state index in [-0.39, 0.29) is 11.8 Å². The summed E-state index contributed by atoms with van der Waals surface area (Å²) in [4.78, 5) is 26.3. The van der Waals surface area contributed by atoms with E-state index >= 15 is 0 Å². The number of carbonyl (C=O) groups excluding carboxylic acids is 2. The maximum atomic E-state index is 13.2. The number of rotatable bonds is 6. The van der Waals surface area contributed by atoms with Crippen molar-refractivity contribution in [2.45, 2.75) is 32.7 Å². The minimum Gasteiger partial charge on any atom is -0.493 e. The van der Waals surface area contributed by atoms with Crippen LogP contribution in [-0.2, 0) is 11.8 Å². The number of nitrogens with one attached hydrogen (secondary N) is 2. The van der Waals surface area contributed by atoms with Gasteiger partial charge in [0.2, 0.25) is 5.91 Å². The number of aromatic nitrogens is 2. The average molecular weight is 449 g/mol. The van der Waals surface area contributed by atoms with E-state index in [1.165, 1.54) is 0 Å². The molecule has 2 heterocycles. The van der Waals surface area contributed by atoms with Crippen LogP contribution in [0.2, 0.25) is 0 Å². The molecule has 0 fully saturated rings. The first-order valence-corrected chi connectivity index (χ1v) is 10.9. The predicted molar refractivity (Wildman–Crippen MR) is 125 cm³/mol. The SMILES string of the molecule is CCOc1ccc(C2c3c(C)nn(C)c3NC(=O)C2NC(=O)c2ccc(C)cc2)cc1OC. The van der Waals surface area contributed by atoms with Crippen LogP contribution in [0, 0.1) is 13.8 Å². The van der Waals surface area contributed by atoms with Crippen LogP contribution in [0.25, 0.3) is 0 Å². The van der Waals surface area contributed by atoms with E-state index in [1.54, 1.807) is 31.0 Å². The molecule has 1 aliphatic heterocycles. The topological polar surface area (TPSA) is 94.5 Å². The zero-order valence-electron chi connectivity index (χ0n) is 19.4. The van der Waals surface area contributed by atoms with Crippen molar-refractivity contribution < 1.29 is 19.1 Å². The Hall–Kier alpha value is -3.81. The lowest BCUT2D eigenvalue weighted by Gasteiger charge is -2.33. The van der Waals surface area contributed by atoms with Crippen LogP contribution in [-0.4, -0.2) is 41.4 Å². The number of hydrogen-bond acceptors (Lipinski definition) is 5. The van der Waals surface area contributed by atoms with E-state index in [9.17, 15) is 9.59 Å². The molecule has 2 aromatic carbocycles. The van der Waals surface area contributed by atoms with Gasteiger partial charge in [0.15, 0.2) is 11.5 Å². The second-order valence-electron chi connectivity index (χ2n) is 8.10. The van der Waals surface area contributed by atoms with Crippen molar-refractivity contribution in [3.05, 3.63) is 70.4 Å². The van der Waals surface area contributed by atoms with Crippen molar-refractivity contribution in [3.63, 3.8) is 0 Å². The largest absolute Gasteiger partial charge is 0.493 e. The molecule has 2 N–H and O–H groups in total. The molecule has 2 atom stereocenters. The number of aryl methyl sites for hydroxylation is 3. The summed E-state index contributed by atoms with van der Waals surface area (Å²) in [7, 11) is 3.36. The van der Waals surface area contributed by atoms with Gasteiger partial charge in [-0.25, -0.2) is 0 Å². The molecule has 4 rings (SSSR count). The van der Waals surface area contributed by atoms with Crippen molar-refractivity contribution in [1.82, 2.24) is 15.1 Å². The second kappa shape index (κ2) is 8.97. The molecule has 33 heavy (non-hydrogen) atoms. The van der Waals surface area contributed by atoms with Gasteiger partial charge in [0.1, 0.15) is 11.9 Å². The fraction of sp³-hybridized carbons (Fsp3) is 0.320. The summed E-state index contributed by atoms with van der Waals surface area (Å²) in [6.45, 7) is 6.26. The molecule has 8 nitrogen and oxygen atoms in total. The number of carbonyl (C=O) groups is 2. The standard InChI is InChI=1S/C25H28N4O4/c1-6-33-18-12-11-17(13-19(18)32-5)21-20-15(3)28-29(4)23(20)27-25(31)22(21)26-24(30)16-9-7-14(2)8-10-16/h7-13,21-22H,6H2,1-5H3,(H,26,30)(H,27,31). The number of hydrogen-bond donors (Lipinski definition) is 2. The summed E-state index contributed by atoms with van der Waals surface area (Å²) in [6, 6.07) is 12.0. The fourth-order valence-corrected chi connectivity index (χ4v) is 4.30. The summed E-state index contributed by atoms with van der Waals surface area (Å²) in [6.07, 6.45) is 0. The normalized spacial score (nSPS) is 17.2. The lowest BCUT2D eigenvalue weighted by molar-refractivity contribution is -0.118. The van der Waals surface area contributed by atoms with Gasteiger partial charge in [-0.2, -0.15) is 5.10 Å². The molecule has 172 valence electrons. The molecule has 0 spiro atoms. The van der Waals surface area contributed by atoms with Gasteiger partial charge < -0.3 is 20.1 Å². The van der Waals surface area contributed by atoms with Crippen molar-refractivity contribution in [2.75, 3.05) is 19.0 Å². The van der Waals surface area contributed by atoms with E-state index in [0.717, 1.165) is 22.4 Å². The third-order valence-electron chi connectivity index (χ3n) is 5.88. The van der Waals surface area contributed by atoms with E-state index in [1.807, 2.05) is 51.1 Å². The fourth-order valence-electron chi connectivity index (χ4n) is 4.30. The lowest BCUT2D eigenvalue weighted by Crippen LogP contribution is -2.50. The van der Waals surface area contributed by atoms with Crippen molar-refractivity contribution >= 4 is 17.6 Å². The van der Waals surface area contributed by atoms with Crippen LogP contribution in [0.5, 0.6) is 11.5 Å². The first kappa shape index (κ1) is 22.4. The average Bonchev–Trinajstić information content (AvgIpc) is 3.08. The van der Waals surface area contributed by atoms with Crippen LogP contribution < -0.4 is 20.1 Å². The zero-order chi connectivity index (χ0) is 23.7. The molecule has 1 aliphatic rings. The Labute approximate surface area is 192 Å². The van der Waals surface area contributed by atoms with Gasteiger partial charge in [-0.15, -0.1) is 0 Å². The third-order valence-corrected chi connectivity index (χ3v) is 5.88. The molecule has 0 radical (unpaired) electrons. The number of anilines is 1. The number of nitrogens with zero attached hydrogens (tertiary/aromatic N) is 2. The molecule has 2 amide bonds. The molecular formula is C25H28N4O4. The molecular weight excluding hydrogens is 420 g/mol. The van der Waals surface area contributed by atoms with Crippen LogP contribution >= 0.6 is 0 Å². The quantitative estimate of drug-likeness (QED) is 0.603. The van der Waals surface area contributed by atoms with E-state index in [2.05, 4.69) is 15.7 Å². The third kappa shape index (κ3) is 4.16. The monoisotopic (exact) mass is 448 g/mol. The molecule has 3 aromatic rings. The van der Waals surface area contributed by atoms with Gasteiger partial charge in [-0.1, -0.05) is 23.8 Å². The predicted octanol–water partition coefficient (Wildman–Crippen LogP) is 3.33. The minimum atomic E-state index is -0.836. The lowest BCUT2D eigenvalue weighted by atomic mass is 9.81. The van der Waals surface area contributed by atoms with Gasteiger partial charge in [0, 0.05) is 24.1 Å². The Morgan fingerprint density at radius 2 is 1.88 bits per heavy atom. The van der Waals surface area contributed by atoms with Crippen LogP contribution in [0.3, 0.4) is 0 Å². The number of amides is 2. The molecule has 0 saturated heterocycles. The number of ether oxygens (including phenoxy) is 2. The van der Waals surface area contributed by atoms with Crippen LogP contribution in [0.1, 0.15) is 45.6 Å². The maximum absolute atomic E-state index is 13.2. The van der Waals surface area contributed by atoms with Gasteiger partial charge in [0.25, 0.3) is 5.91 Å². The molecule has 8 heteroatoms. The summed E-state index contributed by atoms with van der Waals surface area (Å²) < 4.78 is 12.9. The Morgan fingerprint density at radius 1 is 1.15 bits per heavy atom. The summed E-state index contributed by atoms with van der Waals surface area (Å²) in [5, 5.41) is 10.4. The smallest absolute Gasteiger partial charge is 0.251 e. The number of benzene rings is 2. The molecule has 2 unspecified atom stereocenters. The Bertz CT molecular complexity index is 1200. The van der Waals surface area contributed by atoms with Gasteiger partial charge in [-0.05, 0) is 50.6 Å². The van der Waals surface area contributed by atoms with Gasteiger partial charge >= 0.3 is 0 Å². The Morgan fingerprint density at radius 3 is 2.55 bits per heavy atom. The Balaban J connectivity index is 1.79.